The number of benzene rings is 1. The minimum Gasteiger partial charge on any atom is -0.298 e. The van der Waals surface area contributed by atoms with Crippen molar-refractivity contribution in [3.63, 3.8) is 0 Å². The zero-order valence-electron chi connectivity index (χ0n) is 15.4. The molecule has 0 N–H and O–H groups in total. The largest absolute Gasteiger partial charge is 0.298 e. The lowest BCUT2D eigenvalue weighted by molar-refractivity contribution is 0.0667. The van der Waals surface area contributed by atoms with Crippen molar-refractivity contribution in [2.45, 2.75) is 65.0 Å². The van der Waals surface area contributed by atoms with Gasteiger partial charge in [-0.1, -0.05) is 49.5 Å². The highest BCUT2D eigenvalue weighted by molar-refractivity contribution is 6.42. The summed E-state index contributed by atoms with van der Waals surface area (Å²) in [5.74, 6) is 0. The molecule has 1 fully saturated rings. The van der Waals surface area contributed by atoms with Crippen LogP contribution in [0, 0.1) is 0 Å². The first-order valence-electron chi connectivity index (χ1n) is 9.47. The molecule has 0 bridgehead atoms. The molecule has 2 rings (SSSR count). The Labute approximate surface area is 158 Å². The molecule has 0 aliphatic carbocycles. The van der Waals surface area contributed by atoms with Gasteiger partial charge in [-0.05, 0) is 50.3 Å². The average Bonchev–Trinajstić information content (AvgIpc) is 2.60. The van der Waals surface area contributed by atoms with Crippen LogP contribution in [0.5, 0.6) is 0 Å². The monoisotopic (exact) mass is 370 g/mol. The van der Waals surface area contributed by atoms with Crippen LogP contribution in [0.25, 0.3) is 0 Å². The Bertz CT molecular complexity index is 498. The predicted octanol–water partition coefficient (Wildman–Crippen LogP) is 5.51. The van der Waals surface area contributed by atoms with E-state index in [4.69, 9.17) is 23.2 Å². The summed E-state index contributed by atoms with van der Waals surface area (Å²) in [6, 6.07) is 7.40. The van der Waals surface area contributed by atoms with Crippen LogP contribution in [-0.2, 0) is 6.42 Å². The molecule has 0 radical (unpaired) electrons. The number of hydrogen-bond acceptors (Lipinski definition) is 2. The molecule has 0 aromatic heterocycles. The van der Waals surface area contributed by atoms with Gasteiger partial charge < -0.3 is 0 Å². The quantitative estimate of drug-likeness (QED) is 0.594. The SMILES string of the molecule is CCCC(CC)N1CCN(C(C)CCc2ccc(Cl)c(Cl)c2)CC1. The summed E-state index contributed by atoms with van der Waals surface area (Å²) in [4.78, 5) is 5.35. The summed E-state index contributed by atoms with van der Waals surface area (Å²) in [7, 11) is 0. The van der Waals surface area contributed by atoms with E-state index in [0.717, 1.165) is 12.5 Å². The number of nitrogens with zero attached hydrogens (tertiary/aromatic N) is 2. The number of halogens is 2. The lowest BCUT2D eigenvalue weighted by atomic mass is 10.0. The summed E-state index contributed by atoms with van der Waals surface area (Å²) in [6.45, 7) is 11.8. The first-order chi connectivity index (χ1) is 11.5. The lowest BCUT2D eigenvalue weighted by Crippen LogP contribution is -2.52. The van der Waals surface area contributed by atoms with E-state index in [2.05, 4.69) is 36.6 Å². The smallest absolute Gasteiger partial charge is 0.0595 e. The van der Waals surface area contributed by atoms with Crippen molar-refractivity contribution in [2.24, 2.45) is 0 Å². The van der Waals surface area contributed by atoms with Gasteiger partial charge in [-0.25, -0.2) is 0 Å². The van der Waals surface area contributed by atoms with E-state index in [9.17, 15) is 0 Å². The van der Waals surface area contributed by atoms with Gasteiger partial charge in [-0.15, -0.1) is 0 Å². The number of hydrogen-bond donors (Lipinski definition) is 0. The van der Waals surface area contributed by atoms with Crippen LogP contribution in [0.3, 0.4) is 0 Å². The van der Waals surface area contributed by atoms with Crippen LogP contribution in [0.15, 0.2) is 18.2 Å². The topological polar surface area (TPSA) is 6.48 Å². The molecule has 2 unspecified atom stereocenters. The Kier molecular flexibility index (Phi) is 8.36. The minimum atomic E-state index is 0.618. The molecule has 1 aliphatic rings. The molecule has 24 heavy (non-hydrogen) atoms. The van der Waals surface area contributed by atoms with Gasteiger partial charge in [0.1, 0.15) is 0 Å². The Morgan fingerprint density at radius 2 is 1.62 bits per heavy atom. The highest BCUT2D eigenvalue weighted by atomic mass is 35.5. The standard InChI is InChI=1S/C20H32Cl2N2/c1-4-6-18(5-2)24-13-11-23(12-14-24)16(3)7-8-17-9-10-19(21)20(22)15-17/h9-10,15-16,18H,4-8,11-14H2,1-3H3. The highest BCUT2D eigenvalue weighted by Crippen LogP contribution is 2.24. The average molecular weight is 371 g/mol. The molecule has 1 aromatic rings. The van der Waals surface area contributed by atoms with Gasteiger partial charge in [0.25, 0.3) is 0 Å². The third-order valence-electron chi connectivity index (χ3n) is 5.42. The Morgan fingerprint density at radius 1 is 0.958 bits per heavy atom. The van der Waals surface area contributed by atoms with Crippen LogP contribution in [0.1, 0.15) is 52.0 Å². The van der Waals surface area contributed by atoms with Crippen molar-refractivity contribution in [2.75, 3.05) is 26.2 Å². The molecule has 0 amide bonds. The van der Waals surface area contributed by atoms with Gasteiger partial charge in [-0.3, -0.25) is 9.80 Å². The van der Waals surface area contributed by atoms with E-state index in [1.54, 1.807) is 0 Å². The molecular formula is C20H32Cl2N2. The molecule has 2 atom stereocenters. The minimum absolute atomic E-state index is 0.618. The molecule has 2 nitrogen and oxygen atoms in total. The van der Waals surface area contributed by atoms with Gasteiger partial charge in [0.05, 0.1) is 10.0 Å². The van der Waals surface area contributed by atoms with Crippen molar-refractivity contribution in [3.8, 4) is 0 Å². The van der Waals surface area contributed by atoms with Crippen molar-refractivity contribution < 1.29 is 0 Å². The second kappa shape index (κ2) is 10.0. The Hall–Kier alpha value is -0.280. The third-order valence-corrected chi connectivity index (χ3v) is 6.16. The molecule has 1 heterocycles. The molecular weight excluding hydrogens is 339 g/mol. The normalized spacial score (nSPS) is 19.4. The van der Waals surface area contributed by atoms with Gasteiger partial charge in [0.2, 0.25) is 0 Å². The first-order valence-corrected chi connectivity index (χ1v) is 10.2. The number of rotatable bonds is 8. The van der Waals surface area contributed by atoms with E-state index in [1.165, 1.54) is 57.4 Å². The van der Waals surface area contributed by atoms with Crippen molar-refractivity contribution in [1.82, 2.24) is 9.80 Å². The van der Waals surface area contributed by atoms with Crippen LogP contribution < -0.4 is 0 Å². The highest BCUT2D eigenvalue weighted by Gasteiger charge is 2.24. The van der Waals surface area contributed by atoms with Gasteiger partial charge in [-0.2, -0.15) is 0 Å². The Morgan fingerprint density at radius 3 is 2.21 bits per heavy atom. The fraction of sp³-hybridized carbons (Fsp3) is 0.700. The fourth-order valence-electron chi connectivity index (χ4n) is 3.77. The van der Waals surface area contributed by atoms with E-state index in [0.29, 0.717) is 16.1 Å². The summed E-state index contributed by atoms with van der Waals surface area (Å²) in [6.07, 6.45) is 6.14. The number of piperazine rings is 1. The van der Waals surface area contributed by atoms with E-state index in [-0.39, 0.29) is 0 Å². The van der Waals surface area contributed by atoms with Crippen molar-refractivity contribution in [1.29, 1.82) is 0 Å². The summed E-state index contributed by atoms with van der Waals surface area (Å²) in [5.41, 5.74) is 1.28. The summed E-state index contributed by atoms with van der Waals surface area (Å²) < 4.78 is 0. The molecule has 136 valence electrons. The van der Waals surface area contributed by atoms with Crippen molar-refractivity contribution >= 4 is 23.2 Å². The maximum atomic E-state index is 6.12. The molecule has 1 aromatic carbocycles. The van der Waals surface area contributed by atoms with Crippen LogP contribution in [-0.4, -0.2) is 48.1 Å². The lowest BCUT2D eigenvalue weighted by Gasteiger charge is -2.41. The predicted molar refractivity (Wildman–Crippen MR) is 106 cm³/mol. The second-order valence-corrected chi connectivity index (χ2v) is 7.87. The molecule has 0 saturated carbocycles. The number of aryl methyl sites for hydroxylation is 1. The summed E-state index contributed by atoms with van der Waals surface area (Å²) >= 11 is 12.1. The third kappa shape index (κ3) is 5.62. The maximum absolute atomic E-state index is 6.12. The van der Waals surface area contributed by atoms with E-state index >= 15 is 0 Å². The molecule has 1 saturated heterocycles. The van der Waals surface area contributed by atoms with Crippen molar-refractivity contribution in [3.05, 3.63) is 33.8 Å². The van der Waals surface area contributed by atoms with E-state index in [1.807, 2.05) is 12.1 Å². The van der Waals surface area contributed by atoms with Gasteiger partial charge in [0.15, 0.2) is 0 Å². The van der Waals surface area contributed by atoms with Gasteiger partial charge >= 0.3 is 0 Å². The van der Waals surface area contributed by atoms with Crippen LogP contribution >= 0.6 is 23.2 Å². The van der Waals surface area contributed by atoms with Gasteiger partial charge in [0, 0.05) is 38.3 Å². The maximum Gasteiger partial charge on any atom is 0.0595 e. The van der Waals surface area contributed by atoms with E-state index < -0.39 is 0 Å². The Balaban J connectivity index is 1.78. The molecule has 0 spiro atoms. The van der Waals surface area contributed by atoms with Crippen LogP contribution in [0.4, 0.5) is 0 Å². The van der Waals surface area contributed by atoms with Crippen LogP contribution in [0.2, 0.25) is 10.0 Å². The zero-order valence-corrected chi connectivity index (χ0v) is 16.9. The molecule has 1 aliphatic heterocycles. The first kappa shape index (κ1) is 20.0. The fourth-order valence-corrected chi connectivity index (χ4v) is 4.10. The molecule has 4 heteroatoms. The second-order valence-electron chi connectivity index (χ2n) is 7.06. The zero-order chi connectivity index (χ0) is 17.5. The summed E-state index contributed by atoms with van der Waals surface area (Å²) in [5, 5.41) is 1.30.